The topological polar surface area (TPSA) is 664 Å². The summed E-state index contributed by atoms with van der Waals surface area (Å²) >= 11 is 28.3. The molecule has 0 radical (unpaired) electrons. The van der Waals surface area contributed by atoms with E-state index in [0.29, 0.717) is 108 Å². The third kappa shape index (κ3) is 50.1. The molecule has 5 fully saturated rings. The molecule has 17 N–H and O–H groups in total. The highest BCUT2D eigenvalue weighted by Crippen LogP contribution is 2.68. The molecule has 0 spiro atoms. The minimum atomic E-state index is -2.20. The summed E-state index contributed by atoms with van der Waals surface area (Å²) < 4.78 is 35.9. The monoisotopic (exact) mass is 2460 g/mol. The van der Waals surface area contributed by atoms with Gasteiger partial charge in [-0.15, -0.1) is 0 Å². The van der Waals surface area contributed by atoms with Crippen LogP contribution in [0.4, 0.5) is 110 Å². The van der Waals surface area contributed by atoms with Gasteiger partial charge in [-0.05, 0) is 221 Å². The average molecular weight is 2470 g/mol. The van der Waals surface area contributed by atoms with Crippen molar-refractivity contribution in [2.75, 3.05) is 170 Å². The van der Waals surface area contributed by atoms with Gasteiger partial charge in [0, 0.05) is 208 Å². The third-order valence-corrected chi connectivity index (χ3v) is 22.1. The molecule has 10 aromatic rings. The summed E-state index contributed by atoms with van der Waals surface area (Å²) in [5.41, 5.74) is 29.0. The molecule has 5 aliphatic heterocycles. The van der Waals surface area contributed by atoms with Gasteiger partial charge >= 0.3 is 22.7 Å². The number of pyridine rings is 5. The van der Waals surface area contributed by atoms with E-state index in [0.717, 1.165) is 153 Å². The predicted octanol–water partition coefficient (Wildman–Crippen LogP) is 17.7. The molecule has 145 heavy (non-hydrogen) atoms. The molecule has 5 saturated heterocycles. The van der Waals surface area contributed by atoms with Crippen LogP contribution in [0.3, 0.4) is 0 Å². The maximum atomic E-state index is 11.2. The molecule has 794 valence electrons. The van der Waals surface area contributed by atoms with Crippen LogP contribution in [-0.4, -0.2) is 250 Å². The summed E-state index contributed by atoms with van der Waals surface area (Å²) in [5, 5.41) is 61.2. The number of nitro groups is 4. The summed E-state index contributed by atoms with van der Waals surface area (Å²) in [7, 11) is 8.81. The zero-order valence-corrected chi connectivity index (χ0v) is 94.1. The van der Waals surface area contributed by atoms with E-state index < -0.39 is 28.5 Å². The number of rotatable bonds is 23. The van der Waals surface area contributed by atoms with Crippen LogP contribution in [0.5, 0.6) is 0 Å². The number of hydrogen-bond acceptors (Lipinski definition) is 44. The number of methoxy groups -OCH3 is 5. The van der Waals surface area contributed by atoms with Crippen molar-refractivity contribution in [3.63, 3.8) is 0 Å². The molecular formula is C87H125Br6Cl2N34O15P. The lowest BCUT2D eigenvalue weighted by Crippen LogP contribution is -2.37. The number of ether oxygens (including phenoxy) is 5. The minimum Gasteiger partial charge on any atom is -0.396 e. The molecular weight excluding hydrogens is 2340 g/mol. The maximum absolute atomic E-state index is 11.2. The van der Waals surface area contributed by atoms with Gasteiger partial charge in [-0.25, -0.2) is 49.8 Å². The van der Waals surface area contributed by atoms with E-state index in [1.807, 2.05) is 53.7 Å². The van der Waals surface area contributed by atoms with Crippen LogP contribution in [0.15, 0.2) is 141 Å². The second-order valence-electron chi connectivity index (χ2n) is 32.7. The Kier molecular flexibility index (Phi) is 57.3. The number of aromatic amines is 1. The quantitative estimate of drug-likeness (QED) is 0.00930. The van der Waals surface area contributed by atoms with Crippen LogP contribution in [0.2, 0.25) is 10.3 Å². The number of piperidine rings is 5. The first-order valence-corrected chi connectivity index (χ1v) is 56.0. The highest BCUT2D eigenvalue weighted by atomic mass is 80.0. The van der Waals surface area contributed by atoms with Crippen LogP contribution in [0.25, 0.3) is 0 Å². The summed E-state index contributed by atoms with van der Waals surface area (Å²) in [5.74, 6) is 6.69. The first-order valence-electron chi connectivity index (χ1n) is 45.2. The number of anilines is 15. The molecule has 49 nitrogen and oxygen atoms in total. The fraction of sp³-hybridized carbons (Fsp3) is 0.483. The van der Waals surface area contributed by atoms with Crippen molar-refractivity contribution in [1.29, 1.82) is 0 Å². The molecule has 0 unspecified atom stereocenters. The number of hydrogen-bond donors (Lipinski definition) is 12. The maximum Gasteiger partial charge on any atom is 0.310 e. The molecule has 15 heterocycles. The van der Waals surface area contributed by atoms with Crippen LogP contribution in [-0.2, 0) is 28.2 Å². The van der Waals surface area contributed by atoms with Crippen molar-refractivity contribution in [2.24, 2.45) is 5.73 Å². The number of aromatic nitrogens is 15. The Morgan fingerprint density at radius 1 is 0.421 bits per heavy atom. The van der Waals surface area contributed by atoms with Crippen molar-refractivity contribution >= 4 is 231 Å². The fourth-order valence-electron chi connectivity index (χ4n) is 13.1. The van der Waals surface area contributed by atoms with E-state index in [1.54, 1.807) is 103 Å². The Labute approximate surface area is 899 Å². The van der Waals surface area contributed by atoms with Gasteiger partial charge in [0.1, 0.15) is 84.9 Å². The van der Waals surface area contributed by atoms with E-state index in [2.05, 4.69) is 234 Å². The van der Waals surface area contributed by atoms with E-state index in [9.17, 15) is 49.8 Å². The second kappa shape index (κ2) is 66.6. The van der Waals surface area contributed by atoms with Crippen molar-refractivity contribution in [1.82, 2.24) is 80.1 Å². The van der Waals surface area contributed by atoms with Gasteiger partial charge in [-0.3, -0.25) is 49.8 Å². The Morgan fingerprint density at radius 3 is 1.06 bits per heavy atom. The fourth-order valence-corrected chi connectivity index (χ4v) is 15.0. The molecule has 0 amide bonds. The minimum absolute atomic E-state index is 0.0121. The van der Waals surface area contributed by atoms with Gasteiger partial charge in [-0.1, -0.05) is 25.4 Å². The molecule has 0 aromatic carbocycles. The van der Waals surface area contributed by atoms with Crippen LogP contribution < -0.4 is 85.7 Å². The smallest absolute Gasteiger partial charge is 0.310 e. The van der Waals surface area contributed by atoms with Gasteiger partial charge in [0.05, 0.1) is 78.5 Å². The molecule has 10 aromatic heterocycles. The molecule has 0 bridgehead atoms. The number of nitrogens with one attached hydrogen (secondary N) is 7. The molecule has 5 aliphatic rings. The van der Waals surface area contributed by atoms with Crippen LogP contribution in [0.1, 0.15) is 120 Å². The van der Waals surface area contributed by atoms with E-state index in [-0.39, 0.29) is 57.3 Å². The lowest BCUT2D eigenvalue weighted by molar-refractivity contribution is -0.386. The first kappa shape index (κ1) is 125. The van der Waals surface area contributed by atoms with Crippen molar-refractivity contribution in [3.05, 3.63) is 197 Å². The molecule has 58 heteroatoms. The van der Waals surface area contributed by atoms with Crippen molar-refractivity contribution in [2.45, 2.75) is 174 Å². The Morgan fingerprint density at radius 2 is 0.731 bits per heavy atom. The highest BCUT2D eigenvalue weighted by molar-refractivity contribution is 9.94. The van der Waals surface area contributed by atoms with Crippen LogP contribution in [0, 0.1) is 40.5 Å². The number of nitrogen functional groups attached to an aromatic ring is 4. The van der Waals surface area contributed by atoms with Gasteiger partial charge < -0.3 is 109 Å². The number of halogens is 8. The number of H-pyrrole nitrogens is 1. The number of nitrogens with two attached hydrogens (primary N) is 5. The summed E-state index contributed by atoms with van der Waals surface area (Å²) in [6.07, 6.45) is 26.8. The van der Waals surface area contributed by atoms with E-state index >= 15 is 0 Å². The molecule has 15 rings (SSSR count). The Balaban J connectivity index is 0.000000292. The molecule has 0 atom stereocenters. The summed E-state index contributed by atoms with van der Waals surface area (Å²) in [6.45, 7) is 25.1. The molecule has 0 aliphatic carbocycles. The SMILES string of the molecule is CC(C)N.CC(C)Nc1cc(Br)ncc1[N+](=O)[O-].COC1CCN(c2nccc(N)n2)CC1.COC1CCN(c2nccc(N)n2)CC1.COC1CCN(c2nccc(Nc3cc(NC(C)C)c(N)cn3)n2)CC1.COC1CCN(c2nccc(Nc3cc(NC(C)C)c([N+](=O)[O-])cn3)n2)CC1.COC1CCNCC1.Nc1ccnc(Cl)n1.O=P(Br)(Br)Br.O=[N+]([O-])c1cnc(Br)cc1Br.O=c1cc(Cl)c([N+](=O)[O-])c[nH]1. The van der Waals surface area contributed by atoms with Gasteiger partial charge in [0.25, 0.3) is 3.25 Å². The lowest BCUT2D eigenvalue weighted by Gasteiger charge is -2.31. The van der Waals surface area contributed by atoms with Crippen molar-refractivity contribution in [3.8, 4) is 0 Å². The normalized spacial score (nSPS) is 14.3. The molecule has 0 saturated carbocycles. The highest BCUT2D eigenvalue weighted by Gasteiger charge is 2.27. The van der Waals surface area contributed by atoms with Gasteiger partial charge in [0.15, 0.2) is 0 Å². The van der Waals surface area contributed by atoms with E-state index in [4.69, 9.17) is 75.6 Å². The second-order valence-corrected chi connectivity index (χ2v) is 54.3. The van der Waals surface area contributed by atoms with Crippen molar-refractivity contribution < 1.29 is 47.9 Å². The Bertz CT molecular complexity index is 5610. The lowest BCUT2D eigenvalue weighted by atomic mass is 10.1. The van der Waals surface area contributed by atoms with Crippen LogP contribution >= 0.6 is 121 Å². The third-order valence-electron chi connectivity index (χ3n) is 20.1. The van der Waals surface area contributed by atoms with Gasteiger partial charge in [-0.2, -0.15) is 19.9 Å². The average Bonchev–Trinajstić information content (AvgIpc) is 0.747. The first-order chi connectivity index (χ1) is 68.8. The Hall–Kier alpha value is -10.6. The zero-order chi connectivity index (χ0) is 107. The summed E-state index contributed by atoms with van der Waals surface area (Å²) in [6, 6.07) is 16.9. The van der Waals surface area contributed by atoms with E-state index in [1.165, 1.54) is 43.7 Å². The number of nitrogens with zero attached hydrogens (tertiary/aromatic N) is 22. The van der Waals surface area contributed by atoms with Gasteiger partial charge in [0.2, 0.25) is 34.6 Å². The summed E-state index contributed by atoms with van der Waals surface area (Å²) in [4.78, 5) is 119. The predicted molar refractivity (Wildman–Crippen MR) is 590 cm³/mol. The zero-order valence-electron chi connectivity index (χ0n) is 82.2. The standard InChI is InChI=1S/C18H25N7O3.C18H27N7O.2C10H16N4O.C8H10BrN3O2.C6H13NO.C5H2Br2N2O2.C5H3ClN2O3.C4H4ClN3.C3H9N.Br3OP/c1-12(2)21-14-10-17(20-11-15(14)25(26)27)22-16-4-7-19-18(23-16)24-8-5-13(28-3)6-9-24;1-12(2)22-15-10-17(21-11-14(15)19)23-16-4-7-20-18(24-16)25-8-5-13(26-3)6-9-25;2*1-15-8-3-6-14(7-4-8)10-12-5-2-9(11)13-10;1-5(2)11-6-3-8(9)10-4-7(6)12(13)14;1-8-6-2-4-7-5-3-6;6-3-1-5(7)8-2-4(3)9(10)11;6-3-1-5(9)7-2-4(3)8(10)11;5-4-7-2-1-3(6)8-4;1-3(2)4;1-5(2,3)4/h4,7,10-13H,5-6,8-9H2,1-3H3,(H2,19,20,21,22,23);4,7,10-13H,5-6,8-9,19H2,1-3H3,(H2,20,21,22,23,24);2*2,5,8H,3-4,6-7H2,1H3,(H2,11,12,13);3-5H,1-2H3,(H,10,11);6-7H,2-5H2,1H3;1-2H;1-2H,(H,7,9);1-2H,(H2,6,7,8);3H,4H2,1-2H3;. The largest absolute Gasteiger partial charge is 0.396 e.